The Kier molecular flexibility index (Phi) is 5.34. The van der Waals surface area contributed by atoms with Gasteiger partial charge >= 0.3 is 0 Å². The molecule has 2 heterocycles. The lowest BCUT2D eigenvalue weighted by Gasteiger charge is -2.34. The third-order valence-corrected chi connectivity index (χ3v) is 4.94. The van der Waals surface area contributed by atoms with Crippen LogP contribution in [0.4, 0.5) is 5.69 Å². The van der Waals surface area contributed by atoms with Crippen LogP contribution in [0, 0.1) is 0 Å². The summed E-state index contributed by atoms with van der Waals surface area (Å²) in [6.45, 7) is 0.498. The molecular formula is C19H17BrClN3O2. The van der Waals surface area contributed by atoms with Gasteiger partial charge in [-0.15, -0.1) is 12.4 Å². The van der Waals surface area contributed by atoms with Crippen molar-refractivity contribution in [3.8, 4) is 5.75 Å². The highest BCUT2D eigenvalue weighted by Crippen LogP contribution is 2.32. The van der Waals surface area contributed by atoms with Crippen molar-refractivity contribution in [3.05, 3.63) is 76.8 Å². The minimum Gasteiger partial charge on any atom is -0.497 e. The molecule has 1 aromatic heterocycles. The average molecular weight is 435 g/mol. The summed E-state index contributed by atoms with van der Waals surface area (Å²) in [5.74, 6) is 0.792. The Morgan fingerprint density at radius 1 is 1.12 bits per heavy atom. The molecule has 1 aliphatic heterocycles. The van der Waals surface area contributed by atoms with Crippen LogP contribution in [0.2, 0.25) is 0 Å². The predicted molar refractivity (Wildman–Crippen MR) is 106 cm³/mol. The normalized spacial score (nSPS) is 16.0. The number of carbonyl (C=O) groups excluding carboxylic acids is 1. The topological polar surface area (TPSA) is 47.4 Å². The summed E-state index contributed by atoms with van der Waals surface area (Å²) >= 11 is 3.44. The number of aromatic nitrogens is 2. The first-order valence-electron chi connectivity index (χ1n) is 7.89. The van der Waals surface area contributed by atoms with Crippen molar-refractivity contribution in [1.29, 1.82) is 0 Å². The Morgan fingerprint density at radius 2 is 1.81 bits per heavy atom. The number of ether oxygens (including phenoxy) is 1. The molecule has 7 heteroatoms. The molecule has 0 radical (unpaired) electrons. The number of hydrogen-bond acceptors (Lipinski definition) is 3. The van der Waals surface area contributed by atoms with E-state index in [0.29, 0.717) is 6.54 Å². The molecule has 2 aromatic carbocycles. The van der Waals surface area contributed by atoms with Gasteiger partial charge in [0.15, 0.2) is 0 Å². The molecule has 0 spiro atoms. The molecule has 0 bridgehead atoms. The second-order valence-corrected chi connectivity index (χ2v) is 6.78. The predicted octanol–water partition coefficient (Wildman–Crippen LogP) is 4.21. The van der Waals surface area contributed by atoms with Crippen LogP contribution in [0.5, 0.6) is 5.75 Å². The molecule has 0 saturated heterocycles. The van der Waals surface area contributed by atoms with Crippen molar-refractivity contribution in [2.24, 2.45) is 0 Å². The van der Waals surface area contributed by atoms with Crippen molar-refractivity contribution in [2.45, 2.75) is 12.6 Å². The van der Waals surface area contributed by atoms with Gasteiger partial charge in [-0.2, -0.15) is 0 Å². The number of imidazole rings is 1. The monoisotopic (exact) mass is 433 g/mol. The van der Waals surface area contributed by atoms with E-state index in [1.54, 1.807) is 18.3 Å². The molecule has 134 valence electrons. The Balaban J connectivity index is 0.00000196. The van der Waals surface area contributed by atoms with Gasteiger partial charge < -0.3 is 14.2 Å². The fraction of sp³-hybridized carbons (Fsp3) is 0.158. The van der Waals surface area contributed by atoms with Crippen molar-refractivity contribution >= 4 is 39.9 Å². The zero-order valence-electron chi connectivity index (χ0n) is 14.0. The molecule has 0 saturated carbocycles. The summed E-state index contributed by atoms with van der Waals surface area (Å²) in [6.07, 6.45) is 3.54. The van der Waals surface area contributed by atoms with E-state index in [1.807, 2.05) is 59.3 Å². The number of anilines is 1. The van der Waals surface area contributed by atoms with Crippen molar-refractivity contribution in [2.75, 3.05) is 12.0 Å². The highest BCUT2D eigenvalue weighted by molar-refractivity contribution is 9.10. The molecule has 26 heavy (non-hydrogen) atoms. The van der Waals surface area contributed by atoms with E-state index in [4.69, 9.17) is 4.74 Å². The second-order valence-electron chi connectivity index (χ2n) is 5.87. The lowest BCUT2D eigenvalue weighted by atomic mass is 10.0. The molecule has 0 fully saturated rings. The molecule has 1 unspecified atom stereocenters. The van der Waals surface area contributed by atoms with Gasteiger partial charge in [0, 0.05) is 16.4 Å². The molecule has 0 N–H and O–H groups in total. The first kappa shape index (κ1) is 18.5. The van der Waals surface area contributed by atoms with Crippen LogP contribution in [0.3, 0.4) is 0 Å². The van der Waals surface area contributed by atoms with Crippen LogP contribution in [-0.4, -0.2) is 22.6 Å². The smallest absolute Gasteiger partial charge is 0.255 e. The number of rotatable bonds is 3. The zero-order valence-corrected chi connectivity index (χ0v) is 16.4. The van der Waals surface area contributed by atoms with Gasteiger partial charge in [-0.1, -0.05) is 28.1 Å². The number of carbonyl (C=O) groups is 1. The number of hydrogen-bond donors (Lipinski definition) is 0. The fourth-order valence-electron chi connectivity index (χ4n) is 3.12. The number of nitrogens with zero attached hydrogens (tertiary/aromatic N) is 3. The maximum Gasteiger partial charge on any atom is 0.255 e. The maximum atomic E-state index is 13.3. The number of fused-ring (bicyclic) bond motifs is 1. The minimum atomic E-state index is -0.415. The lowest BCUT2D eigenvalue weighted by molar-refractivity contribution is -0.121. The van der Waals surface area contributed by atoms with E-state index in [2.05, 4.69) is 20.9 Å². The maximum absolute atomic E-state index is 13.3. The third kappa shape index (κ3) is 3.22. The van der Waals surface area contributed by atoms with Crippen LogP contribution >= 0.6 is 28.3 Å². The van der Waals surface area contributed by atoms with Crippen molar-refractivity contribution in [1.82, 2.24) is 9.55 Å². The van der Waals surface area contributed by atoms with E-state index in [0.717, 1.165) is 27.2 Å². The number of benzene rings is 2. The molecule has 3 aromatic rings. The Morgan fingerprint density at radius 3 is 2.46 bits per heavy atom. The van der Waals surface area contributed by atoms with E-state index < -0.39 is 6.04 Å². The summed E-state index contributed by atoms with van der Waals surface area (Å²) in [5, 5.41) is 0. The third-order valence-electron chi connectivity index (χ3n) is 4.41. The zero-order chi connectivity index (χ0) is 17.4. The number of amides is 1. The average Bonchev–Trinajstić information content (AvgIpc) is 3.10. The van der Waals surface area contributed by atoms with Crippen LogP contribution in [0.1, 0.15) is 17.3 Å². The van der Waals surface area contributed by atoms with Crippen LogP contribution in [0.15, 0.2) is 65.5 Å². The van der Waals surface area contributed by atoms with Crippen LogP contribution in [-0.2, 0) is 11.3 Å². The highest BCUT2D eigenvalue weighted by Gasteiger charge is 2.34. The van der Waals surface area contributed by atoms with Gasteiger partial charge in [-0.05, 0) is 42.0 Å². The first-order valence-corrected chi connectivity index (χ1v) is 8.68. The van der Waals surface area contributed by atoms with Gasteiger partial charge in [0.1, 0.15) is 11.8 Å². The second kappa shape index (κ2) is 7.51. The molecule has 5 nitrogen and oxygen atoms in total. The first-order chi connectivity index (χ1) is 12.2. The number of halogens is 2. The van der Waals surface area contributed by atoms with Crippen molar-refractivity contribution < 1.29 is 9.53 Å². The van der Waals surface area contributed by atoms with Crippen LogP contribution < -0.4 is 9.64 Å². The van der Waals surface area contributed by atoms with Gasteiger partial charge in [0.05, 0.1) is 25.7 Å². The molecule has 0 aliphatic carbocycles. The fourth-order valence-corrected chi connectivity index (χ4v) is 3.39. The van der Waals surface area contributed by atoms with E-state index in [-0.39, 0.29) is 18.3 Å². The standard InChI is InChI=1S/C19H16BrN3O2.ClH/c1-25-17-8-6-15(7-9-17)22-11-16-10-21-12-23(16)18(19(22)24)13-2-4-14(20)5-3-13;/h2-10,12,18H,11H2,1H3;1H. The van der Waals surface area contributed by atoms with Gasteiger partial charge in [0.2, 0.25) is 0 Å². The van der Waals surface area contributed by atoms with Gasteiger partial charge in [0.25, 0.3) is 5.91 Å². The Bertz CT molecular complexity index is 909. The van der Waals surface area contributed by atoms with Crippen molar-refractivity contribution in [3.63, 3.8) is 0 Å². The minimum absolute atomic E-state index is 0. The summed E-state index contributed by atoms with van der Waals surface area (Å²) in [4.78, 5) is 19.3. The van der Waals surface area contributed by atoms with E-state index in [9.17, 15) is 4.79 Å². The lowest BCUT2D eigenvalue weighted by Crippen LogP contribution is -2.42. The summed E-state index contributed by atoms with van der Waals surface area (Å²) in [7, 11) is 1.63. The molecule has 1 aliphatic rings. The Labute approximate surface area is 166 Å². The SMILES string of the molecule is COc1ccc(N2Cc3cncn3C(c3ccc(Br)cc3)C2=O)cc1.Cl. The van der Waals surface area contributed by atoms with E-state index >= 15 is 0 Å². The van der Waals surface area contributed by atoms with Gasteiger partial charge in [-0.3, -0.25) is 4.79 Å². The summed E-state index contributed by atoms with van der Waals surface area (Å²) in [5.41, 5.74) is 2.79. The van der Waals surface area contributed by atoms with E-state index in [1.165, 1.54) is 0 Å². The van der Waals surface area contributed by atoms with Gasteiger partial charge in [-0.25, -0.2) is 4.98 Å². The van der Waals surface area contributed by atoms with Crippen LogP contribution in [0.25, 0.3) is 0 Å². The molecule has 1 atom stereocenters. The largest absolute Gasteiger partial charge is 0.497 e. The summed E-state index contributed by atoms with van der Waals surface area (Å²) in [6, 6.07) is 15.0. The summed E-state index contributed by atoms with van der Waals surface area (Å²) < 4.78 is 8.14. The quantitative estimate of drug-likeness (QED) is 0.620. The highest BCUT2D eigenvalue weighted by atomic mass is 79.9. The Hall–Kier alpha value is -2.31. The molecule has 1 amide bonds. The number of methoxy groups -OCH3 is 1. The molecular weight excluding hydrogens is 418 g/mol. The molecule has 4 rings (SSSR count).